The predicted octanol–water partition coefficient (Wildman–Crippen LogP) is 5.73. The van der Waals surface area contributed by atoms with E-state index in [2.05, 4.69) is 5.10 Å². The summed E-state index contributed by atoms with van der Waals surface area (Å²) in [7, 11) is 0. The van der Waals surface area contributed by atoms with Gasteiger partial charge < -0.3 is 10.0 Å². The second-order valence-electron chi connectivity index (χ2n) is 10.1. The molecule has 212 valence electrons. The van der Waals surface area contributed by atoms with Crippen LogP contribution in [0.5, 0.6) is 0 Å². The molecule has 1 N–H and O–H groups in total. The first-order valence-corrected chi connectivity index (χ1v) is 13.2. The van der Waals surface area contributed by atoms with Gasteiger partial charge in [0.05, 0.1) is 39.9 Å². The van der Waals surface area contributed by atoms with Crippen LogP contribution in [0.4, 0.5) is 14.5 Å². The highest BCUT2D eigenvalue weighted by molar-refractivity contribution is 6.31. The highest BCUT2D eigenvalue weighted by Gasteiger charge is 2.31. The normalized spacial score (nSPS) is 17.9. The molecule has 1 aliphatic carbocycles. The lowest BCUT2D eigenvalue weighted by molar-refractivity contribution is -0.386. The number of Topliss-reactive ketones (excluding diaryl/α,β-unsaturated/α-hetero) is 1. The zero-order valence-corrected chi connectivity index (χ0v) is 22.8. The third-order valence-electron chi connectivity index (χ3n) is 7.43. The Bertz CT molecular complexity index is 1420. The minimum Gasteiger partial charge on any atom is -0.386 e. The number of amides is 1. The van der Waals surface area contributed by atoms with Crippen molar-refractivity contribution in [3.05, 3.63) is 91.8 Å². The Morgan fingerprint density at radius 1 is 1.20 bits per heavy atom. The standard InChI is InChI=1S/C28H29ClF2N4O5/c1-16-23(13-32-34(16)22-8-6-19(7-9-22)17(2)36)28(38)33(14-18-10-20(30)12-21(31)11-18)15-26(37)27-24(29)4-3-5-25(27)35(39)40/h3-5,10-13,19,22,26,37H,6-9,14-15H2,1-2H3. The molecule has 0 spiro atoms. The van der Waals surface area contributed by atoms with Crippen LogP contribution in [0.15, 0.2) is 42.6 Å². The molecule has 0 bridgehead atoms. The van der Waals surface area contributed by atoms with Crippen molar-refractivity contribution in [1.29, 1.82) is 0 Å². The summed E-state index contributed by atoms with van der Waals surface area (Å²) >= 11 is 6.19. The molecular formula is C28H29ClF2N4O5. The summed E-state index contributed by atoms with van der Waals surface area (Å²) in [6, 6.07) is 6.78. The lowest BCUT2D eigenvalue weighted by atomic mass is 9.84. The highest BCUT2D eigenvalue weighted by Crippen LogP contribution is 2.35. The predicted molar refractivity (Wildman–Crippen MR) is 143 cm³/mol. The van der Waals surface area contributed by atoms with Gasteiger partial charge in [0.2, 0.25) is 0 Å². The van der Waals surface area contributed by atoms with E-state index in [-0.39, 0.29) is 46.0 Å². The number of aliphatic hydroxyl groups is 1. The maximum Gasteiger partial charge on any atom is 0.276 e. The van der Waals surface area contributed by atoms with Crippen molar-refractivity contribution in [2.24, 2.45) is 5.92 Å². The van der Waals surface area contributed by atoms with Crippen LogP contribution in [0.2, 0.25) is 5.02 Å². The van der Waals surface area contributed by atoms with Gasteiger partial charge in [0, 0.05) is 30.3 Å². The van der Waals surface area contributed by atoms with E-state index >= 15 is 0 Å². The maximum absolute atomic E-state index is 14.0. The third-order valence-corrected chi connectivity index (χ3v) is 7.76. The Morgan fingerprint density at radius 3 is 2.45 bits per heavy atom. The first-order valence-electron chi connectivity index (χ1n) is 12.9. The molecule has 0 aliphatic heterocycles. The van der Waals surface area contributed by atoms with Gasteiger partial charge in [0.25, 0.3) is 11.6 Å². The molecule has 40 heavy (non-hydrogen) atoms. The lowest BCUT2D eigenvalue weighted by Gasteiger charge is -2.28. The summed E-state index contributed by atoms with van der Waals surface area (Å²) in [4.78, 5) is 37.6. The van der Waals surface area contributed by atoms with Crippen LogP contribution in [-0.4, -0.2) is 42.9 Å². The van der Waals surface area contributed by atoms with Crippen LogP contribution in [-0.2, 0) is 11.3 Å². The molecule has 0 saturated heterocycles. The van der Waals surface area contributed by atoms with Gasteiger partial charge in [-0.25, -0.2) is 8.78 Å². The van der Waals surface area contributed by atoms with Gasteiger partial charge in [-0.3, -0.25) is 24.4 Å². The first-order chi connectivity index (χ1) is 19.0. The molecule has 12 heteroatoms. The molecule has 3 aromatic rings. The van der Waals surface area contributed by atoms with Crippen LogP contribution < -0.4 is 0 Å². The molecule has 2 aromatic carbocycles. The molecule has 1 atom stereocenters. The lowest BCUT2D eigenvalue weighted by Crippen LogP contribution is -2.35. The van der Waals surface area contributed by atoms with Crippen LogP contribution in [0.3, 0.4) is 0 Å². The zero-order valence-electron chi connectivity index (χ0n) is 22.0. The average molecular weight is 575 g/mol. The van der Waals surface area contributed by atoms with E-state index < -0.39 is 40.8 Å². The van der Waals surface area contributed by atoms with Gasteiger partial charge in [0.1, 0.15) is 23.5 Å². The molecule has 1 heterocycles. The fraction of sp³-hybridized carbons (Fsp3) is 0.393. The van der Waals surface area contributed by atoms with Gasteiger partial charge in [-0.2, -0.15) is 5.10 Å². The average Bonchev–Trinajstić information content (AvgIpc) is 3.28. The van der Waals surface area contributed by atoms with Gasteiger partial charge in [0.15, 0.2) is 0 Å². The molecule has 9 nitrogen and oxygen atoms in total. The monoisotopic (exact) mass is 574 g/mol. The van der Waals surface area contributed by atoms with E-state index in [1.165, 1.54) is 24.4 Å². The second kappa shape index (κ2) is 12.2. The van der Waals surface area contributed by atoms with Crippen molar-refractivity contribution in [1.82, 2.24) is 14.7 Å². The van der Waals surface area contributed by atoms with E-state index in [0.717, 1.165) is 42.7 Å². The van der Waals surface area contributed by atoms with Crippen LogP contribution in [0, 0.1) is 34.6 Å². The quantitative estimate of drug-likeness (QED) is 0.258. The number of rotatable bonds is 9. The number of carbonyl (C=O) groups excluding carboxylic acids is 2. The molecule has 0 radical (unpaired) electrons. The number of hydrogen-bond donors (Lipinski definition) is 1. The Labute approximate surface area is 234 Å². The Kier molecular flexibility index (Phi) is 8.95. The maximum atomic E-state index is 14.0. The second-order valence-corrected chi connectivity index (χ2v) is 10.5. The van der Waals surface area contributed by atoms with E-state index in [1.807, 2.05) is 0 Å². The van der Waals surface area contributed by atoms with Crippen molar-refractivity contribution in [2.75, 3.05) is 6.54 Å². The topological polar surface area (TPSA) is 119 Å². The number of ketones is 1. The number of aromatic nitrogens is 2. The summed E-state index contributed by atoms with van der Waals surface area (Å²) < 4.78 is 29.7. The zero-order chi connectivity index (χ0) is 29.1. The van der Waals surface area contributed by atoms with Gasteiger partial charge in [-0.1, -0.05) is 17.7 Å². The van der Waals surface area contributed by atoms with Gasteiger partial charge >= 0.3 is 0 Å². The molecule has 1 saturated carbocycles. The smallest absolute Gasteiger partial charge is 0.276 e. The molecule has 4 rings (SSSR count). The van der Waals surface area contributed by atoms with E-state index in [9.17, 15) is 33.6 Å². The largest absolute Gasteiger partial charge is 0.386 e. The van der Waals surface area contributed by atoms with E-state index in [1.54, 1.807) is 18.5 Å². The fourth-order valence-electron chi connectivity index (χ4n) is 5.36. The molecule has 1 fully saturated rings. The number of hydrogen-bond acceptors (Lipinski definition) is 6. The highest BCUT2D eigenvalue weighted by atomic mass is 35.5. The molecule has 1 aliphatic rings. The Hall–Kier alpha value is -3.70. The van der Waals surface area contributed by atoms with Crippen molar-refractivity contribution < 1.29 is 28.4 Å². The van der Waals surface area contributed by atoms with Crippen LogP contribution in [0.25, 0.3) is 0 Å². The van der Waals surface area contributed by atoms with Crippen LogP contribution >= 0.6 is 11.6 Å². The number of halogens is 3. The Morgan fingerprint density at radius 2 is 1.85 bits per heavy atom. The third kappa shape index (κ3) is 6.37. The van der Waals surface area contributed by atoms with Crippen molar-refractivity contribution in [2.45, 2.75) is 58.2 Å². The molecule has 1 amide bonds. The van der Waals surface area contributed by atoms with E-state index in [4.69, 9.17) is 11.6 Å². The first kappa shape index (κ1) is 29.3. The molecule has 1 aromatic heterocycles. The van der Waals surface area contributed by atoms with Gasteiger partial charge in [-0.15, -0.1) is 0 Å². The summed E-state index contributed by atoms with van der Waals surface area (Å²) in [5, 5.41) is 27.0. The molecule has 1 unspecified atom stereocenters. The van der Waals surface area contributed by atoms with Crippen molar-refractivity contribution in [3.8, 4) is 0 Å². The number of nitro benzene ring substituents is 1. The van der Waals surface area contributed by atoms with Gasteiger partial charge in [-0.05, 0) is 63.3 Å². The van der Waals surface area contributed by atoms with Crippen LogP contribution in [0.1, 0.15) is 71.9 Å². The number of nitrogens with zero attached hydrogens (tertiary/aromatic N) is 4. The van der Waals surface area contributed by atoms with Crippen molar-refractivity contribution >= 4 is 29.0 Å². The summed E-state index contributed by atoms with van der Waals surface area (Å²) in [6.07, 6.45) is 2.72. The summed E-state index contributed by atoms with van der Waals surface area (Å²) in [6.45, 7) is 2.57. The number of nitro groups is 1. The number of carbonyl (C=O) groups is 2. The van der Waals surface area contributed by atoms with Crippen molar-refractivity contribution in [3.63, 3.8) is 0 Å². The summed E-state index contributed by atoms with van der Waals surface area (Å²) in [5.74, 6) is -2.08. The minimum absolute atomic E-state index is 0.000666. The number of benzene rings is 2. The SMILES string of the molecule is CC(=O)C1CCC(n2ncc(C(=O)N(Cc3cc(F)cc(F)c3)CC(O)c3c(Cl)cccc3[N+](=O)[O-])c2C)CC1. The molecular weight excluding hydrogens is 546 g/mol. The fourth-order valence-corrected chi connectivity index (χ4v) is 5.65. The summed E-state index contributed by atoms with van der Waals surface area (Å²) in [5.41, 5.74) is 0.303. The minimum atomic E-state index is -1.58. The Balaban J connectivity index is 1.65. The number of aliphatic hydroxyl groups excluding tert-OH is 1. The van der Waals surface area contributed by atoms with E-state index in [0.29, 0.717) is 11.8 Å².